The van der Waals surface area contributed by atoms with Crippen LogP contribution in [-0.4, -0.2) is 18.5 Å². The van der Waals surface area contributed by atoms with E-state index in [0.29, 0.717) is 0 Å². The summed E-state index contributed by atoms with van der Waals surface area (Å²) in [6.45, 7) is 7.18. The highest BCUT2D eigenvalue weighted by atomic mass is 19.4. The highest BCUT2D eigenvalue weighted by Gasteiger charge is 2.73. The van der Waals surface area contributed by atoms with Crippen LogP contribution in [0.5, 0.6) is 0 Å². The Morgan fingerprint density at radius 3 is 2.07 bits per heavy atom. The van der Waals surface area contributed by atoms with Crippen molar-refractivity contribution < 1.29 is 31.1 Å². The molecule has 2 atom stereocenters. The number of hydrogen-bond acceptors (Lipinski definition) is 1. The number of ether oxygens (including phenoxy) is 1. The van der Waals surface area contributed by atoms with E-state index < -0.39 is 29.6 Å². The summed E-state index contributed by atoms with van der Waals surface area (Å²) in [4.78, 5) is 0. The van der Waals surface area contributed by atoms with E-state index in [0.717, 1.165) is 42.7 Å². The molecule has 0 aromatic heterocycles. The van der Waals surface area contributed by atoms with E-state index in [1.807, 2.05) is 26.8 Å². The van der Waals surface area contributed by atoms with Crippen LogP contribution in [0.15, 0.2) is 54.1 Å². The van der Waals surface area contributed by atoms with Crippen LogP contribution in [0.1, 0.15) is 46.1 Å². The predicted molar refractivity (Wildman–Crippen MR) is 100 cm³/mol. The Labute approximate surface area is 167 Å². The lowest BCUT2D eigenvalue weighted by molar-refractivity contribution is -0.394. The van der Waals surface area contributed by atoms with Crippen molar-refractivity contribution in [3.63, 3.8) is 0 Å². The second kappa shape index (κ2) is 8.17. The largest absolute Gasteiger partial charge is 0.430 e. The molecule has 1 aliphatic rings. The maximum absolute atomic E-state index is 13.8. The van der Waals surface area contributed by atoms with Gasteiger partial charge in [-0.1, -0.05) is 68.0 Å². The third-order valence-corrected chi connectivity index (χ3v) is 5.50. The van der Waals surface area contributed by atoms with Crippen LogP contribution >= 0.6 is 0 Å². The van der Waals surface area contributed by atoms with Crippen LogP contribution in [0, 0.1) is 11.3 Å². The summed E-state index contributed by atoms with van der Waals surface area (Å²) in [5, 5.41) is 0. The summed E-state index contributed by atoms with van der Waals surface area (Å²) in [5.74, 6) is -0.0785. The third-order valence-electron chi connectivity index (χ3n) is 5.50. The van der Waals surface area contributed by atoms with E-state index in [4.69, 9.17) is 4.74 Å². The zero-order valence-corrected chi connectivity index (χ0v) is 16.9. The lowest BCUT2D eigenvalue weighted by Crippen LogP contribution is -2.57. The zero-order valence-electron chi connectivity index (χ0n) is 16.9. The molecule has 0 saturated heterocycles. The molecule has 0 fully saturated rings. The fraction of sp³-hybridized carbons (Fsp3) is 0.545. The van der Waals surface area contributed by atoms with Gasteiger partial charge in [-0.2, -0.15) is 26.3 Å². The Hall–Kier alpha value is -1.76. The fourth-order valence-corrected chi connectivity index (χ4v) is 3.93. The van der Waals surface area contributed by atoms with Crippen LogP contribution in [0.2, 0.25) is 0 Å². The molecule has 29 heavy (non-hydrogen) atoms. The van der Waals surface area contributed by atoms with Gasteiger partial charge in [-0.25, -0.2) is 0 Å². The lowest BCUT2D eigenvalue weighted by Gasteiger charge is -2.39. The number of halogens is 6. The van der Waals surface area contributed by atoms with Gasteiger partial charge < -0.3 is 4.74 Å². The minimum absolute atomic E-state index is 0.0785. The summed E-state index contributed by atoms with van der Waals surface area (Å²) >= 11 is 0. The first-order chi connectivity index (χ1) is 13.2. The van der Waals surface area contributed by atoms with Gasteiger partial charge in [0.15, 0.2) is 0 Å². The Morgan fingerprint density at radius 2 is 1.59 bits per heavy atom. The standard InChI is InChI=1S/C22H26F6O/c1-15-9-8-14-19(3,4)18(15)13-12-16(2)29-20(21(23,24)25,22(26,27)28)17-10-6-5-7-11-17/h5-7,9-13,16,18H,8,14H2,1-4H3/b13-12+. The van der Waals surface area contributed by atoms with Gasteiger partial charge >= 0.3 is 12.4 Å². The van der Waals surface area contributed by atoms with Crippen molar-refractivity contribution in [1.82, 2.24) is 0 Å². The predicted octanol–water partition coefficient (Wildman–Crippen LogP) is 7.35. The second-order valence-electron chi connectivity index (χ2n) is 8.20. The minimum Gasteiger partial charge on any atom is -0.347 e. The molecule has 0 N–H and O–H groups in total. The molecule has 1 aliphatic carbocycles. The molecule has 1 aromatic carbocycles. The van der Waals surface area contributed by atoms with Gasteiger partial charge in [0.2, 0.25) is 0 Å². The van der Waals surface area contributed by atoms with E-state index >= 15 is 0 Å². The molecule has 162 valence electrons. The summed E-state index contributed by atoms with van der Waals surface area (Å²) < 4.78 is 87.7. The molecule has 1 nitrogen and oxygen atoms in total. The molecule has 0 spiro atoms. The molecule has 0 aliphatic heterocycles. The number of allylic oxidation sites excluding steroid dienone is 3. The Balaban J connectivity index is 2.42. The molecule has 0 saturated carbocycles. The van der Waals surface area contributed by atoms with Crippen LogP contribution < -0.4 is 0 Å². The van der Waals surface area contributed by atoms with Crippen molar-refractivity contribution in [2.45, 2.75) is 64.6 Å². The van der Waals surface area contributed by atoms with E-state index in [1.54, 1.807) is 6.08 Å². The van der Waals surface area contributed by atoms with Gasteiger partial charge in [-0.05, 0) is 32.1 Å². The Kier molecular flexibility index (Phi) is 6.62. The first-order valence-electron chi connectivity index (χ1n) is 9.44. The zero-order chi connectivity index (χ0) is 22.1. The van der Waals surface area contributed by atoms with Crippen LogP contribution in [0.4, 0.5) is 26.3 Å². The van der Waals surface area contributed by atoms with Gasteiger partial charge in [-0.3, -0.25) is 0 Å². The summed E-state index contributed by atoms with van der Waals surface area (Å²) in [5.41, 5.74) is -4.49. The molecule has 0 heterocycles. The quantitative estimate of drug-likeness (QED) is 0.357. The van der Waals surface area contributed by atoms with Gasteiger partial charge in [0, 0.05) is 11.5 Å². The average molecular weight is 420 g/mol. The molecule has 0 amide bonds. The smallest absolute Gasteiger partial charge is 0.347 e. The molecular formula is C22H26F6O. The number of rotatable bonds is 5. The van der Waals surface area contributed by atoms with Crippen molar-refractivity contribution in [2.24, 2.45) is 11.3 Å². The van der Waals surface area contributed by atoms with E-state index in [9.17, 15) is 26.3 Å². The highest BCUT2D eigenvalue weighted by Crippen LogP contribution is 2.53. The third kappa shape index (κ3) is 4.71. The van der Waals surface area contributed by atoms with E-state index in [1.165, 1.54) is 19.1 Å². The first kappa shape index (κ1) is 23.5. The van der Waals surface area contributed by atoms with Crippen molar-refractivity contribution in [1.29, 1.82) is 0 Å². The molecule has 1 aromatic rings. The van der Waals surface area contributed by atoms with E-state index in [2.05, 4.69) is 0 Å². The van der Waals surface area contributed by atoms with Gasteiger partial charge in [-0.15, -0.1) is 0 Å². The van der Waals surface area contributed by atoms with Crippen LogP contribution in [0.25, 0.3) is 0 Å². The molecule has 0 bridgehead atoms. The Morgan fingerprint density at radius 1 is 1.03 bits per heavy atom. The maximum Gasteiger partial charge on any atom is 0.430 e. The van der Waals surface area contributed by atoms with Crippen molar-refractivity contribution >= 4 is 0 Å². The van der Waals surface area contributed by atoms with E-state index in [-0.39, 0.29) is 11.3 Å². The van der Waals surface area contributed by atoms with Crippen LogP contribution in [-0.2, 0) is 10.3 Å². The summed E-state index contributed by atoms with van der Waals surface area (Å²) in [6, 6.07) is 5.18. The normalized spacial score (nSPS) is 21.9. The van der Waals surface area contributed by atoms with Crippen molar-refractivity contribution in [2.75, 3.05) is 0 Å². The maximum atomic E-state index is 13.8. The first-order valence-corrected chi connectivity index (χ1v) is 9.44. The number of benzene rings is 1. The topological polar surface area (TPSA) is 9.23 Å². The Bertz CT molecular complexity index is 729. The second-order valence-corrected chi connectivity index (χ2v) is 8.20. The lowest BCUT2D eigenvalue weighted by atomic mass is 9.68. The van der Waals surface area contributed by atoms with Crippen LogP contribution in [0.3, 0.4) is 0 Å². The summed E-state index contributed by atoms with van der Waals surface area (Å²) in [6.07, 6.45) is -6.00. The van der Waals surface area contributed by atoms with Gasteiger partial charge in [0.1, 0.15) is 0 Å². The SMILES string of the molecule is CC1=CCCC(C)(C)C1/C=C/C(C)OC(c1ccccc1)(C(F)(F)F)C(F)(F)F. The number of hydrogen-bond donors (Lipinski definition) is 0. The highest BCUT2D eigenvalue weighted by molar-refractivity contribution is 5.27. The van der Waals surface area contributed by atoms with Gasteiger partial charge in [0.25, 0.3) is 5.60 Å². The number of alkyl halides is 6. The molecule has 2 unspecified atom stereocenters. The molecular weight excluding hydrogens is 394 g/mol. The fourth-order valence-electron chi connectivity index (χ4n) is 3.93. The minimum atomic E-state index is -5.69. The average Bonchev–Trinajstić information content (AvgIpc) is 2.57. The molecule has 2 rings (SSSR count). The summed E-state index contributed by atoms with van der Waals surface area (Å²) in [7, 11) is 0. The molecule has 7 heteroatoms. The van der Waals surface area contributed by atoms with Crippen molar-refractivity contribution in [3.05, 3.63) is 59.7 Å². The van der Waals surface area contributed by atoms with Crippen molar-refractivity contribution in [3.8, 4) is 0 Å². The monoisotopic (exact) mass is 420 g/mol. The molecule has 0 radical (unpaired) electrons. The van der Waals surface area contributed by atoms with Gasteiger partial charge in [0.05, 0.1) is 6.10 Å².